The Morgan fingerprint density at radius 2 is 0.970 bits per heavy atom. The van der Waals surface area contributed by atoms with Crippen LogP contribution >= 0.6 is 139 Å². The standard InChI is InChI=1S/C13H14Cl12N8/c14-10(15,16)8-4-30(12(20,21)22)6-32(28-8)26-2-1-3-27-33-7-31(13(23,24)25)5-9(29-33)11(17,18)19/h4-7,26-29H,1-3H2/q+2. The molecule has 4 N–H and O–H groups in total. The first-order valence-electron chi connectivity index (χ1n) is 8.44. The van der Waals surface area contributed by atoms with Crippen molar-refractivity contribution in [3.63, 3.8) is 0 Å². The summed E-state index contributed by atoms with van der Waals surface area (Å²) in [6, 6.07) is 0. The maximum absolute atomic E-state index is 5.94. The average molecular weight is 708 g/mol. The lowest BCUT2D eigenvalue weighted by Crippen LogP contribution is -2.55. The molecule has 0 aromatic heterocycles. The van der Waals surface area contributed by atoms with E-state index in [1.807, 2.05) is 0 Å². The van der Waals surface area contributed by atoms with Crippen LogP contribution in [-0.2, 0) is 0 Å². The normalized spacial score (nSPS) is 18.2. The largest absolute Gasteiger partial charge is 0.339 e. The molecule has 33 heavy (non-hydrogen) atoms. The number of nitrogens with zero attached hydrogens (tertiary/aromatic N) is 4. The number of rotatable bonds is 6. The topological polar surface area (TPSA) is 60.6 Å². The van der Waals surface area contributed by atoms with Gasteiger partial charge in [-0.25, -0.2) is 10.9 Å². The third-order valence-electron chi connectivity index (χ3n) is 3.61. The highest BCUT2D eigenvalue weighted by atomic mass is 35.6. The summed E-state index contributed by atoms with van der Waals surface area (Å²) in [7, 11) is 0. The van der Waals surface area contributed by atoms with Gasteiger partial charge >= 0.3 is 7.83 Å². The maximum Gasteiger partial charge on any atom is 0.339 e. The van der Waals surface area contributed by atoms with Gasteiger partial charge in [-0.2, -0.15) is 9.15 Å². The third kappa shape index (κ3) is 10.0. The van der Waals surface area contributed by atoms with Gasteiger partial charge in [0.2, 0.25) is 7.59 Å². The molecule has 188 valence electrons. The van der Waals surface area contributed by atoms with Crippen molar-refractivity contribution < 1.29 is 9.15 Å². The van der Waals surface area contributed by atoms with Crippen LogP contribution in [0.3, 0.4) is 0 Å². The van der Waals surface area contributed by atoms with Crippen molar-refractivity contribution in [3.8, 4) is 0 Å². The van der Waals surface area contributed by atoms with E-state index >= 15 is 0 Å². The third-order valence-corrected chi connectivity index (χ3v) is 6.00. The van der Waals surface area contributed by atoms with Gasteiger partial charge in [-0.3, -0.25) is 0 Å². The molecule has 8 nitrogen and oxygen atoms in total. The van der Waals surface area contributed by atoms with Crippen molar-refractivity contribution >= 4 is 152 Å². The molecule has 0 fully saturated rings. The van der Waals surface area contributed by atoms with Crippen LogP contribution in [0.5, 0.6) is 0 Å². The molecule has 0 unspecified atom stereocenters. The Morgan fingerprint density at radius 3 is 1.24 bits per heavy atom. The fourth-order valence-corrected chi connectivity index (χ4v) is 3.27. The summed E-state index contributed by atoms with van der Waals surface area (Å²) < 4.78 is -4.77. The molecule has 0 bridgehead atoms. The van der Waals surface area contributed by atoms with Gasteiger partial charge in [0.15, 0.2) is 0 Å². The summed E-state index contributed by atoms with van der Waals surface area (Å²) in [6.07, 6.45) is 6.13. The number of nitrogens with one attached hydrogen (secondary N) is 4. The highest BCUT2D eigenvalue weighted by Gasteiger charge is 2.40. The first kappa shape index (κ1) is 30.6. The second kappa shape index (κ2) is 11.9. The van der Waals surface area contributed by atoms with Crippen LogP contribution in [0.25, 0.3) is 0 Å². The monoisotopic (exact) mass is 702 g/mol. The maximum atomic E-state index is 5.94. The van der Waals surface area contributed by atoms with Crippen molar-refractivity contribution in [3.05, 3.63) is 23.8 Å². The van der Waals surface area contributed by atoms with Crippen LogP contribution in [0.2, 0.25) is 0 Å². The van der Waals surface area contributed by atoms with E-state index < -0.39 is 15.4 Å². The smallest absolute Gasteiger partial charge is 0.207 e. The summed E-state index contributed by atoms with van der Waals surface area (Å²) in [6.45, 7) is 0.846. The highest BCUT2D eigenvalue weighted by molar-refractivity contribution is 6.70. The molecule has 0 saturated carbocycles. The van der Waals surface area contributed by atoms with Crippen LogP contribution in [0, 0.1) is 0 Å². The van der Waals surface area contributed by atoms with Gasteiger partial charge in [-0.1, -0.05) is 79.8 Å². The van der Waals surface area contributed by atoms with E-state index in [2.05, 4.69) is 21.7 Å². The molecule has 2 heterocycles. The second-order valence-corrected chi connectivity index (χ2v) is 15.2. The number of halogens is 12. The van der Waals surface area contributed by atoms with Crippen LogP contribution in [0.1, 0.15) is 6.42 Å². The van der Waals surface area contributed by atoms with E-state index in [1.54, 1.807) is 0 Å². The Hall–Kier alpha value is 1.42. The minimum atomic E-state index is -1.82. The molecular weight excluding hydrogens is 694 g/mol. The zero-order valence-electron chi connectivity index (χ0n) is 15.8. The fraction of sp³-hybridized carbons (Fsp3) is 0.538. The molecule has 2 aliphatic rings. The van der Waals surface area contributed by atoms with E-state index in [4.69, 9.17) is 139 Å². The zero-order valence-corrected chi connectivity index (χ0v) is 24.8. The van der Waals surface area contributed by atoms with Gasteiger partial charge in [0.25, 0.3) is 12.7 Å². The predicted octanol–water partition coefficient (Wildman–Crippen LogP) is 5.19. The fourth-order valence-electron chi connectivity index (χ4n) is 2.17. The molecule has 2 rings (SSSR count). The number of hydrogen-bond donors (Lipinski definition) is 4. The quantitative estimate of drug-likeness (QED) is 0.132. The van der Waals surface area contributed by atoms with Gasteiger partial charge in [0.05, 0.1) is 0 Å². The Morgan fingerprint density at radius 1 is 0.636 bits per heavy atom. The Balaban J connectivity index is 1.92. The van der Waals surface area contributed by atoms with E-state index in [1.165, 1.54) is 44.5 Å². The summed E-state index contributed by atoms with van der Waals surface area (Å²) in [4.78, 5) is 0. The predicted molar refractivity (Wildman–Crippen MR) is 141 cm³/mol. The lowest BCUT2D eigenvalue weighted by molar-refractivity contribution is -0.475. The lowest BCUT2D eigenvalue weighted by Gasteiger charge is -2.27. The molecular formula is C13H14Cl12N8+2. The van der Waals surface area contributed by atoms with Gasteiger partial charge < -0.3 is 0 Å². The van der Waals surface area contributed by atoms with Gasteiger partial charge in [-0.05, 0) is 76.0 Å². The Kier molecular flexibility index (Phi) is 11.0. The lowest BCUT2D eigenvalue weighted by atomic mass is 10.4. The van der Waals surface area contributed by atoms with E-state index in [0.29, 0.717) is 19.5 Å². The average Bonchev–Trinajstić information content (AvgIpc) is 2.64. The Labute approximate surface area is 249 Å². The van der Waals surface area contributed by atoms with Crippen molar-refractivity contribution in [2.45, 2.75) is 21.8 Å². The summed E-state index contributed by atoms with van der Waals surface area (Å²) in [5.74, 6) is 0. The Bertz CT molecular complexity index is 764. The summed E-state index contributed by atoms with van der Waals surface area (Å²) in [5.41, 5.74) is 12.0. The molecule has 0 atom stereocenters. The van der Waals surface area contributed by atoms with Gasteiger partial charge in [-0.15, -0.1) is 10.9 Å². The van der Waals surface area contributed by atoms with Crippen LogP contribution in [0.4, 0.5) is 0 Å². The van der Waals surface area contributed by atoms with Crippen LogP contribution < -0.4 is 21.7 Å². The zero-order chi connectivity index (χ0) is 25.2. The highest BCUT2D eigenvalue weighted by Crippen LogP contribution is 2.37. The van der Waals surface area contributed by atoms with E-state index in [0.717, 1.165) is 0 Å². The molecule has 0 aliphatic carbocycles. The molecule has 0 amide bonds. The van der Waals surface area contributed by atoms with Crippen LogP contribution in [-0.4, -0.2) is 60.6 Å². The molecule has 2 aliphatic heterocycles. The minimum Gasteiger partial charge on any atom is -0.207 e. The number of allylic oxidation sites excluding steroid dienone is 2. The molecule has 0 spiro atoms. The van der Waals surface area contributed by atoms with Gasteiger partial charge in [0, 0.05) is 13.1 Å². The van der Waals surface area contributed by atoms with E-state index in [9.17, 15) is 0 Å². The van der Waals surface area contributed by atoms with Crippen molar-refractivity contribution in [2.75, 3.05) is 13.1 Å². The summed E-state index contributed by atoms with van der Waals surface area (Å²) in [5, 5.41) is 2.75. The second-order valence-electron chi connectivity index (χ2n) is 6.20. The SMILES string of the molecule is ClC(Cl)(Cl)C1=C[N+](C(Cl)(Cl)Cl)=CN(NCCCNN2C=[N+](C(Cl)(Cl)Cl)C=C(C(Cl)(Cl)Cl)N2)N1. The number of alkyl halides is 12. The molecule has 0 aromatic carbocycles. The number of hydrazine groups is 4. The van der Waals surface area contributed by atoms with Crippen molar-refractivity contribution in [1.82, 2.24) is 31.9 Å². The summed E-state index contributed by atoms with van der Waals surface area (Å²) >= 11 is 71.2. The van der Waals surface area contributed by atoms with E-state index in [-0.39, 0.29) is 11.4 Å². The molecule has 0 saturated heterocycles. The van der Waals surface area contributed by atoms with Gasteiger partial charge in [0.1, 0.15) is 23.8 Å². The first-order chi connectivity index (χ1) is 14.9. The molecule has 0 aromatic rings. The minimum absolute atomic E-state index is 0.150. The first-order valence-corrected chi connectivity index (χ1v) is 13.0. The van der Waals surface area contributed by atoms with Crippen molar-refractivity contribution in [1.29, 1.82) is 0 Å². The molecule has 0 radical (unpaired) electrons. The van der Waals surface area contributed by atoms with Crippen molar-refractivity contribution in [2.24, 2.45) is 0 Å². The van der Waals surface area contributed by atoms with Crippen LogP contribution in [0.15, 0.2) is 23.8 Å². The number of hydrogen-bond acceptors (Lipinski definition) is 6. The molecule has 20 heteroatoms.